The van der Waals surface area contributed by atoms with Gasteiger partial charge in [0, 0.05) is 36.8 Å². The summed E-state index contributed by atoms with van der Waals surface area (Å²) in [7, 11) is 5.17. The summed E-state index contributed by atoms with van der Waals surface area (Å²) in [6, 6.07) is 6.47. The number of H-pyrrole nitrogens is 1. The van der Waals surface area contributed by atoms with Crippen molar-refractivity contribution >= 4 is 40.8 Å². The number of aromatic nitrogens is 1. The Morgan fingerprint density at radius 2 is 2.10 bits per heavy atom. The van der Waals surface area contributed by atoms with Crippen LogP contribution in [0.5, 0.6) is 11.5 Å². The lowest BCUT2D eigenvalue weighted by atomic mass is 9.96. The van der Waals surface area contributed by atoms with Crippen LogP contribution in [0, 0.1) is 0 Å². The summed E-state index contributed by atoms with van der Waals surface area (Å²) in [5.74, 6) is 2.48. The molecule has 3 heterocycles. The van der Waals surface area contributed by atoms with Crippen molar-refractivity contribution in [3.05, 3.63) is 23.9 Å². The van der Waals surface area contributed by atoms with Crippen molar-refractivity contribution in [2.45, 2.75) is 50.4 Å². The Hall–Kier alpha value is -1.68. The molecule has 1 aromatic carbocycles. The zero-order chi connectivity index (χ0) is 19.5. The van der Waals surface area contributed by atoms with Crippen LogP contribution in [0.4, 0.5) is 0 Å². The summed E-state index contributed by atoms with van der Waals surface area (Å²) in [5.41, 5.74) is 2.22. The second-order valence-electron chi connectivity index (χ2n) is 7.55. The van der Waals surface area contributed by atoms with Gasteiger partial charge in [-0.2, -0.15) is 0 Å². The summed E-state index contributed by atoms with van der Waals surface area (Å²) in [5, 5.41) is 8.03. The van der Waals surface area contributed by atoms with E-state index in [0.29, 0.717) is 18.2 Å². The molecule has 29 heavy (non-hydrogen) atoms. The number of halogens is 1. The fraction of sp³-hybridized carbons (Fsp3) is 0.571. The molecule has 7 nitrogen and oxygen atoms in total. The minimum atomic E-state index is 0. The molecule has 1 aromatic heterocycles. The van der Waals surface area contributed by atoms with Gasteiger partial charge in [0.1, 0.15) is 11.5 Å². The fourth-order valence-corrected chi connectivity index (χ4v) is 4.30. The van der Waals surface area contributed by atoms with Crippen LogP contribution in [-0.2, 0) is 11.2 Å². The molecule has 0 spiro atoms. The second-order valence-corrected chi connectivity index (χ2v) is 7.55. The van der Waals surface area contributed by atoms with Crippen LogP contribution >= 0.6 is 24.0 Å². The molecule has 160 valence electrons. The number of ether oxygens (including phenoxy) is 3. The van der Waals surface area contributed by atoms with Crippen LogP contribution in [0.15, 0.2) is 23.2 Å². The van der Waals surface area contributed by atoms with Crippen LogP contribution in [0.2, 0.25) is 0 Å². The normalized spacial score (nSPS) is 23.1. The van der Waals surface area contributed by atoms with E-state index in [9.17, 15) is 0 Å². The van der Waals surface area contributed by atoms with Crippen LogP contribution in [-0.4, -0.2) is 57.0 Å². The Morgan fingerprint density at radius 1 is 1.24 bits per heavy atom. The Morgan fingerprint density at radius 3 is 2.76 bits per heavy atom. The van der Waals surface area contributed by atoms with Gasteiger partial charge >= 0.3 is 0 Å². The fourth-order valence-electron chi connectivity index (χ4n) is 4.30. The number of hydrogen-bond donors (Lipinski definition) is 3. The molecular formula is C21H31IN4O3. The van der Waals surface area contributed by atoms with Crippen molar-refractivity contribution in [1.82, 2.24) is 15.6 Å². The highest BCUT2D eigenvalue weighted by molar-refractivity contribution is 14.0. The first-order valence-corrected chi connectivity index (χ1v) is 10.1. The average Bonchev–Trinajstić information content (AvgIpc) is 3.44. The van der Waals surface area contributed by atoms with Gasteiger partial charge in [-0.05, 0) is 38.2 Å². The van der Waals surface area contributed by atoms with E-state index in [2.05, 4.69) is 26.7 Å². The smallest absolute Gasteiger partial charge is 0.191 e. The number of aromatic amines is 1. The first-order valence-electron chi connectivity index (χ1n) is 10.1. The highest BCUT2D eigenvalue weighted by Gasteiger charge is 2.41. The van der Waals surface area contributed by atoms with Crippen LogP contribution < -0.4 is 20.1 Å². The molecule has 2 aromatic rings. The number of nitrogens with one attached hydrogen (secondary N) is 3. The van der Waals surface area contributed by atoms with Crippen molar-refractivity contribution in [2.75, 3.05) is 27.8 Å². The molecular weight excluding hydrogens is 483 g/mol. The Labute approximate surface area is 189 Å². The van der Waals surface area contributed by atoms with E-state index in [0.717, 1.165) is 60.6 Å². The van der Waals surface area contributed by atoms with Crippen molar-refractivity contribution < 1.29 is 14.2 Å². The third-order valence-electron chi connectivity index (χ3n) is 5.75. The first kappa shape index (κ1) is 22.0. The minimum absolute atomic E-state index is 0. The van der Waals surface area contributed by atoms with Gasteiger partial charge in [-0.1, -0.05) is 0 Å². The molecule has 2 aliphatic rings. The summed E-state index contributed by atoms with van der Waals surface area (Å²) >= 11 is 0. The molecule has 0 aliphatic carbocycles. The third kappa shape index (κ3) is 4.91. The Bertz CT molecular complexity index is 854. The highest BCUT2D eigenvalue weighted by atomic mass is 127. The third-order valence-corrected chi connectivity index (χ3v) is 5.75. The molecule has 2 bridgehead atoms. The lowest BCUT2D eigenvalue weighted by Crippen LogP contribution is -2.47. The number of aryl methyl sites for hydroxylation is 1. The average molecular weight is 514 g/mol. The number of rotatable bonds is 7. The number of methoxy groups -OCH3 is 2. The van der Waals surface area contributed by atoms with Gasteiger partial charge in [-0.25, -0.2) is 0 Å². The highest BCUT2D eigenvalue weighted by Crippen LogP contribution is 2.34. The van der Waals surface area contributed by atoms with E-state index in [1.807, 2.05) is 19.2 Å². The number of fused-ring (bicyclic) bond motifs is 3. The molecule has 3 atom stereocenters. The quantitative estimate of drug-likeness (QED) is 0.229. The second kappa shape index (κ2) is 9.88. The Kier molecular flexibility index (Phi) is 7.50. The number of benzene rings is 1. The molecule has 3 unspecified atom stereocenters. The van der Waals surface area contributed by atoms with E-state index in [1.54, 1.807) is 14.2 Å². The van der Waals surface area contributed by atoms with Gasteiger partial charge in [0.15, 0.2) is 5.96 Å². The van der Waals surface area contributed by atoms with Gasteiger partial charge in [-0.3, -0.25) is 4.99 Å². The number of guanidine groups is 1. The summed E-state index contributed by atoms with van der Waals surface area (Å²) < 4.78 is 16.7. The summed E-state index contributed by atoms with van der Waals surface area (Å²) in [6.07, 6.45) is 6.19. The zero-order valence-corrected chi connectivity index (χ0v) is 19.6. The van der Waals surface area contributed by atoms with Gasteiger partial charge in [0.05, 0.1) is 38.0 Å². The standard InChI is InChI=1S/C21H30N4O3.HI/c1-22-21(25-18-10-14-6-7-19(18)28-14)23-8-4-5-13-9-16-17(24-13)11-15(26-2)12-20(16)27-3;/h9,11-12,14,18-19,24H,4-8,10H2,1-3H3,(H2,22,23,25);1H. The molecule has 0 saturated carbocycles. The monoisotopic (exact) mass is 514 g/mol. The lowest BCUT2D eigenvalue weighted by molar-refractivity contribution is 0.0992. The maximum Gasteiger partial charge on any atom is 0.191 e. The number of nitrogens with zero attached hydrogens (tertiary/aromatic N) is 1. The van der Waals surface area contributed by atoms with Crippen molar-refractivity contribution in [2.24, 2.45) is 4.99 Å². The van der Waals surface area contributed by atoms with Gasteiger partial charge < -0.3 is 29.8 Å². The topological polar surface area (TPSA) is 79.9 Å². The zero-order valence-electron chi connectivity index (χ0n) is 17.3. The number of hydrogen-bond acceptors (Lipinski definition) is 4. The molecule has 2 aliphatic heterocycles. The molecule has 0 amide bonds. The van der Waals surface area contributed by atoms with E-state index >= 15 is 0 Å². The van der Waals surface area contributed by atoms with E-state index in [4.69, 9.17) is 14.2 Å². The minimum Gasteiger partial charge on any atom is -0.497 e. The molecule has 4 rings (SSSR count). The predicted octanol–water partition coefficient (Wildman–Crippen LogP) is 3.22. The van der Waals surface area contributed by atoms with Gasteiger partial charge in [0.25, 0.3) is 0 Å². The molecule has 2 fully saturated rings. The van der Waals surface area contributed by atoms with Crippen molar-refractivity contribution in [3.8, 4) is 11.5 Å². The van der Waals surface area contributed by atoms with Crippen LogP contribution in [0.1, 0.15) is 31.4 Å². The first-order chi connectivity index (χ1) is 13.7. The Balaban J connectivity index is 0.00000240. The van der Waals surface area contributed by atoms with E-state index < -0.39 is 0 Å². The van der Waals surface area contributed by atoms with E-state index in [-0.39, 0.29) is 24.0 Å². The maximum absolute atomic E-state index is 5.91. The van der Waals surface area contributed by atoms with Crippen molar-refractivity contribution in [1.29, 1.82) is 0 Å². The van der Waals surface area contributed by atoms with Crippen LogP contribution in [0.3, 0.4) is 0 Å². The van der Waals surface area contributed by atoms with Crippen molar-refractivity contribution in [3.63, 3.8) is 0 Å². The summed E-state index contributed by atoms with van der Waals surface area (Å²) in [6.45, 7) is 0.858. The predicted molar refractivity (Wildman–Crippen MR) is 126 cm³/mol. The van der Waals surface area contributed by atoms with Gasteiger partial charge in [0.2, 0.25) is 0 Å². The number of aliphatic imine (C=N–C) groups is 1. The van der Waals surface area contributed by atoms with Gasteiger partial charge in [-0.15, -0.1) is 24.0 Å². The SMILES string of the molecule is CN=C(NCCCc1cc2c(OC)cc(OC)cc2[nH]1)NC1CC2CCC1O2.I. The van der Waals surface area contributed by atoms with Crippen LogP contribution in [0.25, 0.3) is 10.9 Å². The lowest BCUT2D eigenvalue weighted by Gasteiger charge is -2.22. The molecule has 2 saturated heterocycles. The molecule has 3 N–H and O–H groups in total. The molecule has 8 heteroatoms. The maximum atomic E-state index is 5.91. The molecule has 0 radical (unpaired) electrons. The summed E-state index contributed by atoms with van der Waals surface area (Å²) in [4.78, 5) is 7.83. The van der Waals surface area contributed by atoms with E-state index in [1.165, 1.54) is 12.1 Å². The largest absolute Gasteiger partial charge is 0.497 e.